The number of benzene rings is 1. The van der Waals surface area contributed by atoms with Crippen molar-refractivity contribution < 1.29 is 14.7 Å². The van der Waals surface area contributed by atoms with Crippen LogP contribution in [0, 0.1) is 0 Å². The van der Waals surface area contributed by atoms with Crippen LogP contribution in [0.4, 0.5) is 0 Å². The van der Waals surface area contributed by atoms with E-state index in [9.17, 15) is 14.7 Å². The molecule has 0 heterocycles. The van der Waals surface area contributed by atoms with Gasteiger partial charge in [0.1, 0.15) is 5.75 Å². The van der Waals surface area contributed by atoms with Crippen molar-refractivity contribution in [2.24, 2.45) is 5.73 Å². The largest absolute Gasteiger partial charge is 0.508 e. The summed E-state index contributed by atoms with van der Waals surface area (Å²) in [6.07, 6.45) is 2.09. The average Bonchev–Trinajstić information content (AvgIpc) is 2.46. The molecule has 0 aliphatic carbocycles. The smallest absolute Gasteiger partial charge is 0.251 e. The van der Waals surface area contributed by atoms with Gasteiger partial charge < -0.3 is 21.5 Å². The number of hydrogen-bond donors (Lipinski definition) is 4. The van der Waals surface area contributed by atoms with Gasteiger partial charge in [-0.1, -0.05) is 19.4 Å². The molecule has 5 N–H and O–H groups in total. The van der Waals surface area contributed by atoms with Crippen molar-refractivity contribution in [1.29, 1.82) is 0 Å². The average molecular weight is 307 g/mol. The molecule has 6 nitrogen and oxygen atoms in total. The summed E-state index contributed by atoms with van der Waals surface area (Å²) < 4.78 is 0. The topological polar surface area (TPSA) is 104 Å². The van der Waals surface area contributed by atoms with Gasteiger partial charge in [0.05, 0.1) is 5.54 Å². The van der Waals surface area contributed by atoms with Crippen LogP contribution in [-0.4, -0.2) is 35.5 Å². The van der Waals surface area contributed by atoms with E-state index in [-0.39, 0.29) is 17.6 Å². The predicted octanol–water partition coefficient (Wildman–Crippen LogP) is 1.15. The van der Waals surface area contributed by atoms with Gasteiger partial charge in [0, 0.05) is 18.7 Å². The van der Waals surface area contributed by atoms with Gasteiger partial charge >= 0.3 is 0 Å². The van der Waals surface area contributed by atoms with Crippen LogP contribution in [0.15, 0.2) is 24.3 Å². The zero-order valence-electron chi connectivity index (χ0n) is 13.2. The molecule has 1 atom stereocenters. The van der Waals surface area contributed by atoms with Crippen molar-refractivity contribution in [2.45, 2.75) is 38.6 Å². The number of carbonyl (C=O) groups excluding carboxylic acids is 2. The molecule has 0 radical (unpaired) electrons. The van der Waals surface area contributed by atoms with Crippen molar-refractivity contribution in [3.05, 3.63) is 29.8 Å². The molecule has 1 aromatic carbocycles. The van der Waals surface area contributed by atoms with Gasteiger partial charge in [-0.15, -0.1) is 0 Å². The Bertz CT molecular complexity index is 515. The van der Waals surface area contributed by atoms with Gasteiger partial charge in [-0.25, -0.2) is 0 Å². The molecule has 0 aromatic heterocycles. The minimum atomic E-state index is -0.848. The zero-order valence-corrected chi connectivity index (χ0v) is 13.2. The van der Waals surface area contributed by atoms with E-state index in [0.717, 1.165) is 6.42 Å². The molecular weight excluding hydrogens is 282 g/mol. The summed E-state index contributed by atoms with van der Waals surface area (Å²) in [6, 6.07) is 6.15. The third-order valence-corrected chi connectivity index (χ3v) is 3.32. The molecule has 1 aromatic rings. The van der Waals surface area contributed by atoms with Gasteiger partial charge in [0.15, 0.2) is 0 Å². The predicted molar refractivity (Wildman–Crippen MR) is 85.6 cm³/mol. The molecule has 0 aliphatic rings. The Hall–Kier alpha value is -2.08. The first-order valence-corrected chi connectivity index (χ1v) is 7.51. The highest BCUT2D eigenvalue weighted by atomic mass is 16.3. The monoisotopic (exact) mass is 307 g/mol. The SMILES string of the molecule is CCCC(C)(N)C(=O)NCCCNC(=O)c1cccc(O)c1. The summed E-state index contributed by atoms with van der Waals surface area (Å²) in [4.78, 5) is 23.7. The number of rotatable bonds is 8. The summed E-state index contributed by atoms with van der Waals surface area (Å²) in [5, 5.41) is 14.8. The Labute approximate surface area is 131 Å². The zero-order chi connectivity index (χ0) is 16.6. The van der Waals surface area contributed by atoms with Crippen LogP contribution in [0.25, 0.3) is 0 Å². The van der Waals surface area contributed by atoms with Crippen molar-refractivity contribution in [2.75, 3.05) is 13.1 Å². The van der Waals surface area contributed by atoms with E-state index in [1.165, 1.54) is 12.1 Å². The van der Waals surface area contributed by atoms with Crippen molar-refractivity contribution in [3.8, 4) is 5.75 Å². The van der Waals surface area contributed by atoms with E-state index >= 15 is 0 Å². The second-order valence-corrected chi connectivity index (χ2v) is 5.58. The van der Waals surface area contributed by atoms with E-state index in [2.05, 4.69) is 10.6 Å². The van der Waals surface area contributed by atoms with Gasteiger partial charge in [-0.2, -0.15) is 0 Å². The van der Waals surface area contributed by atoms with Crippen LogP contribution < -0.4 is 16.4 Å². The lowest BCUT2D eigenvalue weighted by Crippen LogP contribution is -2.51. The Morgan fingerprint density at radius 3 is 2.59 bits per heavy atom. The van der Waals surface area contributed by atoms with Crippen LogP contribution in [0.1, 0.15) is 43.5 Å². The van der Waals surface area contributed by atoms with E-state index < -0.39 is 5.54 Å². The number of amides is 2. The van der Waals surface area contributed by atoms with Crippen LogP contribution in [0.5, 0.6) is 5.75 Å². The minimum Gasteiger partial charge on any atom is -0.508 e. The fourth-order valence-corrected chi connectivity index (χ4v) is 2.08. The molecule has 0 saturated carbocycles. The summed E-state index contributed by atoms with van der Waals surface area (Å²) in [5.41, 5.74) is 5.47. The van der Waals surface area contributed by atoms with Crippen molar-refractivity contribution in [1.82, 2.24) is 10.6 Å². The molecule has 2 amide bonds. The Morgan fingerprint density at radius 2 is 1.95 bits per heavy atom. The van der Waals surface area contributed by atoms with Gasteiger partial charge in [0.25, 0.3) is 5.91 Å². The number of phenolic OH excluding ortho intramolecular Hbond substituents is 1. The molecular formula is C16H25N3O3. The first-order valence-electron chi connectivity index (χ1n) is 7.51. The molecule has 1 rings (SSSR count). The second-order valence-electron chi connectivity index (χ2n) is 5.58. The first-order chi connectivity index (χ1) is 10.4. The second kappa shape index (κ2) is 8.38. The van der Waals surface area contributed by atoms with E-state index in [1.807, 2.05) is 6.92 Å². The lowest BCUT2D eigenvalue weighted by atomic mass is 9.96. The lowest BCUT2D eigenvalue weighted by molar-refractivity contribution is -0.126. The van der Waals surface area contributed by atoms with Crippen molar-refractivity contribution >= 4 is 11.8 Å². The fourth-order valence-electron chi connectivity index (χ4n) is 2.08. The Balaban J connectivity index is 2.26. The maximum Gasteiger partial charge on any atom is 0.251 e. The van der Waals surface area contributed by atoms with Gasteiger partial charge in [0.2, 0.25) is 5.91 Å². The standard InChI is InChI=1S/C16H25N3O3/c1-3-8-16(2,17)15(22)19-10-5-9-18-14(21)12-6-4-7-13(20)11-12/h4,6-7,11,20H,3,5,8-10,17H2,1-2H3,(H,18,21)(H,19,22). The number of hydrogen-bond acceptors (Lipinski definition) is 4. The first kappa shape index (κ1) is 18.0. The number of nitrogens with one attached hydrogen (secondary N) is 2. The third-order valence-electron chi connectivity index (χ3n) is 3.32. The highest BCUT2D eigenvalue weighted by Gasteiger charge is 2.26. The number of phenols is 1. The summed E-state index contributed by atoms with van der Waals surface area (Å²) in [6.45, 7) is 4.59. The molecule has 0 saturated heterocycles. The summed E-state index contributed by atoms with van der Waals surface area (Å²) >= 11 is 0. The lowest BCUT2D eigenvalue weighted by Gasteiger charge is -2.22. The molecule has 122 valence electrons. The van der Waals surface area contributed by atoms with E-state index in [0.29, 0.717) is 31.5 Å². The fraction of sp³-hybridized carbons (Fsp3) is 0.500. The Morgan fingerprint density at radius 1 is 1.27 bits per heavy atom. The molecule has 0 spiro atoms. The summed E-state index contributed by atoms with van der Waals surface area (Å²) in [5.74, 6) is -0.372. The highest BCUT2D eigenvalue weighted by molar-refractivity contribution is 5.94. The Kier molecular flexibility index (Phi) is 6.85. The van der Waals surface area contributed by atoms with E-state index in [1.54, 1.807) is 19.1 Å². The molecule has 6 heteroatoms. The normalized spacial score (nSPS) is 13.2. The maximum atomic E-state index is 11.9. The highest BCUT2D eigenvalue weighted by Crippen LogP contribution is 2.10. The number of carbonyl (C=O) groups is 2. The van der Waals surface area contributed by atoms with Crippen molar-refractivity contribution in [3.63, 3.8) is 0 Å². The van der Waals surface area contributed by atoms with Crippen LogP contribution >= 0.6 is 0 Å². The molecule has 22 heavy (non-hydrogen) atoms. The minimum absolute atomic E-state index is 0.0538. The molecule has 0 aliphatic heterocycles. The number of nitrogens with two attached hydrogens (primary N) is 1. The van der Waals surface area contributed by atoms with Gasteiger partial charge in [-0.3, -0.25) is 9.59 Å². The summed E-state index contributed by atoms with van der Waals surface area (Å²) in [7, 11) is 0. The van der Waals surface area contributed by atoms with Gasteiger partial charge in [-0.05, 0) is 38.0 Å². The maximum absolute atomic E-state index is 11.9. The quantitative estimate of drug-likeness (QED) is 0.541. The third kappa shape index (κ3) is 5.73. The molecule has 1 unspecified atom stereocenters. The molecule has 0 bridgehead atoms. The van der Waals surface area contributed by atoms with Crippen LogP contribution in [0.2, 0.25) is 0 Å². The molecule has 0 fully saturated rings. The van der Waals surface area contributed by atoms with E-state index in [4.69, 9.17) is 5.73 Å². The van der Waals surface area contributed by atoms with Crippen LogP contribution in [-0.2, 0) is 4.79 Å². The van der Waals surface area contributed by atoms with Crippen LogP contribution in [0.3, 0.4) is 0 Å². The number of aromatic hydroxyl groups is 1.